The van der Waals surface area contributed by atoms with Crippen LogP contribution in [0.25, 0.3) is 0 Å². The molecule has 1 aromatic carbocycles. The Labute approximate surface area is 139 Å². The summed E-state index contributed by atoms with van der Waals surface area (Å²) < 4.78 is 11.2. The van der Waals surface area contributed by atoms with Gasteiger partial charge in [-0.3, -0.25) is 0 Å². The fourth-order valence-electron chi connectivity index (χ4n) is 1.87. The monoisotopic (exact) mass is 344 g/mol. The molecule has 0 aliphatic carbocycles. The van der Waals surface area contributed by atoms with Gasteiger partial charge in [0.05, 0.1) is 25.0 Å². The molecule has 1 aliphatic rings. The zero-order valence-corrected chi connectivity index (χ0v) is 13.4. The number of hydrogen-bond acceptors (Lipinski definition) is 6. The van der Waals surface area contributed by atoms with E-state index in [9.17, 15) is 0 Å². The van der Waals surface area contributed by atoms with Gasteiger partial charge >= 0.3 is 11.9 Å². The lowest BCUT2D eigenvalue weighted by Crippen LogP contribution is -2.42. The molecule has 0 amide bonds. The Bertz CT molecular complexity index is 492. The van der Waals surface area contributed by atoms with Crippen LogP contribution in [0.4, 0.5) is 5.69 Å². The smallest absolute Gasteiger partial charge is 0.414 e. The van der Waals surface area contributed by atoms with Gasteiger partial charge < -0.3 is 35.8 Å². The van der Waals surface area contributed by atoms with Gasteiger partial charge in [-0.25, -0.2) is 9.59 Å². The number of nitrogens with one attached hydrogen (secondary N) is 2. The molecule has 6 N–H and O–H groups in total. The summed E-state index contributed by atoms with van der Waals surface area (Å²) in [5.74, 6) is -2.75. The predicted molar refractivity (Wildman–Crippen MR) is 87.6 cm³/mol. The highest BCUT2D eigenvalue weighted by Crippen LogP contribution is 2.23. The first-order chi connectivity index (χ1) is 11.0. The minimum atomic E-state index is -1.82. The molecule has 1 atom stereocenters. The van der Waals surface area contributed by atoms with Crippen molar-refractivity contribution in [1.29, 1.82) is 0 Å². The summed E-state index contributed by atoms with van der Waals surface area (Å²) in [5, 5.41) is 21.5. The molecule has 1 aromatic rings. The molecule has 0 bridgehead atoms. The number of carbonyl (C=O) groups is 2. The highest BCUT2D eigenvalue weighted by molar-refractivity contribution is 6.27. The largest absolute Gasteiger partial charge is 0.492 e. The van der Waals surface area contributed by atoms with Crippen molar-refractivity contribution in [2.75, 3.05) is 38.2 Å². The van der Waals surface area contributed by atoms with Crippen LogP contribution in [0.15, 0.2) is 24.3 Å². The maximum absolute atomic E-state index is 9.10. The minimum absolute atomic E-state index is 0. The molecule has 0 radical (unpaired) electrons. The van der Waals surface area contributed by atoms with E-state index in [0.29, 0.717) is 6.61 Å². The van der Waals surface area contributed by atoms with Crippen LogP contribution < -0.4 is 15.4 Å². The van der Waals surface area contributed by atoms with Gasteiger partial charge in [-0.15, -0.1) is 0 Å². The van der Waals surface area contributed by atoms with Gasteiger partial charge in [-0.05, 0) is 19.1 Å². The molecule has 2 rings (SSSR count). The van der Waals surface area contributed by atoms with Crippen molar-refractivity contribution in [1.82, 2.24) is 5.32 Å². The average Bonchev–Trinajstić information content (AvgIpc) is 2.56. The van der Waals surface area contributed by atoms with E-state index in [0.717, 1.165) is 37.7 Å². The molecular formula is C15H24N2O7. The number of anilines is 1. The molecule has 1 unspecified atom stereocenters. The summed E-state index contributed by atoms with van der Waals surface area (Å²) in [4.78, 5) is 18.2. The van der Waals surface area contributed by atoms with Gasteiger partial charge in [0.2, 0.25) is 0 Å². The molecule has 0 saturated carbocycles. The van der Waals surface area contributed by atoms with E-state index in [4.69, 9.17) is 29.3 Å². The highest BCUT2D eigenvalue weighted by atomic mass is 16.5. The van der Waals surface area contributed by atoms with Crippen molar-refractivity contribution in [3.63, 3.8) is 0 Å². The number of carboxylic acid groups (broad SMARTS) is 2. The fourth-order valence-corrected chi connectivity index (χ4v) is 1.87. The second-order valence-electron chi connectivity index (χ2n) is 4.62. The van der Waals surface area contributed by atoms with Crippen molar-refractivity contribution in [2.24, 2.45) is 0 Å². The van der Waals surface area contributed by atoms with Crippen molar-refractivity contribution in [2.45, 2.75) is 13.0 Å². The van der Waals surface area contributed by atoms with E-state index in [1.165, 1.54) is 0 Å². The lowest BCUT2D eigenvalue weighted by atomic mass is 10.2. The van der Waals surface area contributed by atoms with Crippen LogP contribution in [-0.4, -0.2) is 66.6 Å². The quantitative estimate of drug-likeness (QED) is 0.537. The van der Waals surface area contributed by atoms with Crippen LogP contribution in [0, 0.1) is 0 Å². The summed E-state index contributed by atoms with van der Waals surface area (Å²) in [6.07, 6.45) is 0.235. The summed E-state index contributed by atoms with van der Waals surface area (Å²) >= 11 is 0. The summed E-state index contributed by atoms with van der Waals surface area (Å²) in [6, 6.07) is 7.99. The van der Waals surface area contributed by atoms with Gasteiger partial charge in [0.25, 0.3) is 0 Å². The summed E-state index contributed by atoms with van der Waals surface area (Å²) in [6.45, 7) is 6.12. The van der Waals surface area contributed by atoms with E-state index < -0.39 is 11.9 Å². The van der Waals surface area contributed by atoms with E-state index >= 15 is 0 Å². The fraction of sp³-hybridized carbons (Fsp3) is 0.467. The molecule has 0 spiro atoms. The predicted octanol–water partition coefficient (Wildman–Crippen LogP) is -0.183. The molecule has 9 heteroatoms. The SMILES string of the molecule is CCOc1ccccc1NCC1CNCCO1.O.O=C(O)C(=O)O. The Kier molecular flexibility index (Phi) is 10.9. The molecule has 1 fully saturated rings. The Balaban J connectivity index is 0.000000655. The van der Waals surface area contributed by atoms with Gasteiger partial charge in [0.15, 0.2) is 0 Å². The number of rotatable bonds is 5. The third kappa shape index (κ3) is 8.32. The topological polar surface area (TPSA) is 149 Å². The number of morpholine rings is 1. The minimum Gasteiger partial charge on any atom is -0.492 e. The average molecular weight is 344 g/mol. The van der Waals surface area contributed by atoms with Crippen LogP contribution in [0.3, 0.4) is 0 Å². The number of hydrogen-bond donors (Lipinski definition) is 4. The molecule has 9 nitrogen and oxygen atoms in total. The molecule has 136 valence electrons. The van der Waals surface area contributed by atoms with Gasteiger partial charge in [0, 0.05) is 19.6 Å². The third-order valence-electron chi connectivity index (χ3n) is 2.89. The maximum atomic E-state index is 9.10. The molecule has 1 saturated heterocycles. The maximum Gasteiger partial charge on any atom is 0.414 e. The highest BCUT2D eigenvalue weighted by Gasteiger charge is 2.13. The molecule has 24 heavy (non-hydrogen) atoms. The Morgan fingerprint density at radius 3 is 2.54 bits per heavy atom. The first-order valence-corrected chi connectivity index (χ1v) is 7.28. The van der Waals surface area contributed by atoms with E-state index in [1.807, 2.05) is 31.2 Å². The van der Waals surface area contributed by atoms with Crippen molar-refractivity contribution in [3.05, 3.63) is 24.3 Å². The summed E-state index contributed by atoms with van der Waals surface area (Å²) in [7, 11) is 0. The number of aliphatic carboxylic acids is 2. The van der Waals surface area contributed by atoms with Gasteiger partial charge in [0.1, 0.15) is 5.75 Å². The van der Waals surface area contributed by atoms with Crippen molar-refractivity contribution >= 4 is 17.6 Å². The lowest BCUT2D eigenvalue weighted by Gasteiger charge is -2.24. The second-order valence-corrected chi connectivity index (χ2v) is 4.62. The van der Waals surface area contributed by atoms with Crippen LogP contribution in [0.5, 0.6) is 5.75 Å². The third-order valence-corrected chi connectivity index (χ3v) is 2.89. The second kappa shape index (κ2) is 12.1. The van der Waals surface area contributed by atoms with Crippen molar-refractivity contribution < 1.29 is 34.8 Å². The zero-order valence-electron chi connectivity index (χ0n) is 13.4. The Morgan fingerprint density at radius 1 is 1.33 bits per heavy atom. The van der Waals surface area contributed by atoms with Gasteiger partial charge in [-0.1, -0.05) is 12.1 Å². The van der Waals surface area contributed by atoms with Gasteiger partial charge in [-0.2, -0.15) is 0 Å². The van der Waals surface area contributed by atoms with Crippen LogP contribution in [-0.2, 0) is 14.3 Å². The van der Waals surface area contributed by atoms with Crippen LogP contribution >= 0.6 is 0 Å². The molecular weight excluding hydrogens is 320 g/mol. The van der Waals surface area contributed by atoms with E-state index in [1.54, 1.807) is 0 Å². The first kappa shape index (κ1) is 21.6. The van der Waals surface area contributed by atoms with E-state index in [2.05, 4.69) is 10.6 Å². The number of ether oxygens (including phenoxy) is 2. The summed E-state index contributed by atoms with van der Waals surface area (Å²) in [5.41, 5.74) is 1.03. The normalized spacial score (nSPS) is 16.0. The first-order valence-electron chi connectivity index (χ1n) is 7.28. The van der Waals surface area contributed by atoms with Crippen molar-refractivity contribution in [3.8, 4) is 5.75 Å². The lowest BCUT2D eigenvalue weighted by molar-refractivity contribution is -0.159. The number of carboxylic acids is 2. The Morgan fingerprint density at radius 2 is 2.00 bits per heavy atom. The number of benzene rings is 1. The number of para-hydroxylation sites is 2. The van der Waals surface area contributed by atoms with Crippen LogP contribution in [0.1, 0.15) is 6.92 Å². The Hall–Kier alpha value is -2.36. The van der Waals surface area contributed by atoms with E-state index in [-0.39, 0.29) is 11.6 Å². The molecule has 0 aromatic heterocycles. The molecule has 1 heterocycles. The van der Waals surface area contributed by atoms with Crippen LogP contribution in [0.2, 0.25) is 0 Å². The molecule has 1 aliphatic heterocycles. The zero-order chi connectivity index (χ0) is 17.1. The standard InChI is InChI=1S/C13H20N2O2.C2H2O4.H2O/c1-2-16-13-6-4-3-5-12(13)15-10-11-9-14-7-8-17-11;3-1(4)2(5)6;/h3-6,11,14-15H,2,7-10H2,1H3;(H,3,4)(H,5,6);1H2.